The molecule has 2 aromatic carbocycles. The number of nitrogens with one attached hydrogen (secondary N) is 1. The van der Waals surface area contributed by atoms with E-state index in [4.69, 9.17) is 9.47 Å². The molecule has 0 aromatic heterocycles. The Labute approximate surface area is 197 Å². The number of benzene rings is 2. The van der Waals surface area contributed by atoms with E-state index >= 15 is 0 Å². The van der Waals surface area contributed by atoms with Gasteiger partial charge in [0, 0.05) is 11.6 Å². The summed E-state index contributed by atoms with van der Waals surface area (Å²) in [6.45, 7) is 4.02. The zero-order valence-electron chi connectivity index (χ0n) is 19.6. The summed E-state index contributed by atoms with van der Waals surface area (Å²) >= 11 is 0. The first-order valence-electron chi connectivity index (χ1n) is 11.5. The Kier molecular flexibility index (Phi) is 8.74. The molecule has 1 atom stereocenters. The number of para-hydroxylation sites is 1. The lowest BCUT2D eigenvalue weighted by molar-refractivity contribution is -0.122. The maximum atomic E-state index is 13.6. The van der Waals surface area contributed by atoms with Crippen LogP contribution in [0.4, 0.5) is 0 Å². The Morgan fingerprint density at radius 1 is 1.09 bits per heavy atom. The summed E-state index contributed by atoms with van der Waals surface area (Å²) in [5.74, 6) is 0.953. The molecule has 33 heavy (non-hydrogen) atoms. The number of nitrogens with zero attached hydrogens (tertiary/aromatic N) is 1. The minimum absolute atomic E-state index is 0.169. The van der Waals surface area contributed by atoms with Gasteiger partial charge in [0.15, 0.2) is 0 Å². The molecule has 180 valence electrons. The monoisotopic (exact) mass is 474 g/mol. The molecule has 0 aliphatic heterocycles. The lowest BCUT2D eigenvalue weighted by Crippen LogP contribution is -2.47. The van der Waals surface area contributed by atoms with Crippen molar-refractivity contribution in [2.24, 2.45) is 0 Å². The zero-order valence-corrected chi connectivity index (χ0v) is 20.4. The van der Waals surface area contributed by atoms with E-state index < -0.39 is 10.0 Å². The Bertz CT molecular complexity index is 1020. The summed E-state index contributed by atoms with van der Waals surface area (Å²) < 4.78 is 39.4. The number of carbonyl (C=O) groups is 1. The largest absolute Gasteiger partial charge is 0.496 e. The first-order chi connectivity index (χ1) is 15.9. The quantitative estimate of drug-likeness (QED) is 0.555. The van der Waals surface area contributed by atoms with Gasteiger partial charge in [0.2, 0.25) is 15.9 Å². The molecule has 0 bridgehead atoms. The number of methoxy groups -OCH3 is 1. The molecular weight excluding hydrogens is 440 g/mol. The normalized spacial score (nSPS) is 15.8. The van der Waals surface area contributed by atoms with Gasteiger partial charge in [-0.25, -0.2) is 8.42 Å². The number of hydrogen-bond donors (Lipinski definition) is 1. The Morgan fingerprint density at radius 3 is 2.39 bits per heavy atom. The highest BCUT2D eigenvalue weighted by atomic mass is 32.2. The first-order valence-corrected chi connectivity index (χ1v) is 13.0. The van der Waals surface area contributed by atoms with Crippen molar-refractivity contribution in [3.05, 3.63) is 54.1 Å². The smallest absolute Gasteiger partial charge is 0.243 e. The fraction of sp³-hybridized carbons (Fsp3) is 0.480. The predicted molar refractivity (Wildman–Crippen MR) is 128 cm³/mol. The second kappa shape index (κ2) is 11.5. The number of rotatable bonds is 10. The number of carbonyl (C=O) groups excluding carboxylic acids is 1. The van der Waals surface area contributed by atoms with Crippen molar-refractivity contribution in [2.75, 3.05) is 20.3 Å². The van der Waals surface area contributed by atoms with E-state index in [0.29, 0.717) is 18.1 Å². The van der Waals surface area contributed by atoms with Gasteiger partial charge in [0.05, 0.1) is 31.2 Å². The van der Waals surface area contributed by atoms with Crippen LogP contribution in [0.3, 0.4) is 0 Å². The highest BCUT2D eigenvalue weighted by Gasteiger charge is 2.34. The number of ether oxygens (including phenoxy) is 2. The maximum Gasteiger partial charge on any atom is 0.243 e. The number of hydrogen-bond acceptors (Lipinski definition) is 5. The standard InChI is InChI=1S/C25H34N2O5S/c1-4-32-21-14-16-22(17-15-21)33(29,30)27(20-10-6-5-7-11-20)18-25(28)26-19(2)23-12-8-9-13-24(23)31-3/h8-9,12-17,19-20H,4-7,10-11,18H2,1-3H3,(H,26,28)/t19-/m0/s1. The topological polar surface area (TPSA) is 84.9 Å². The molecule has 7 nitrogen and oxygen atoms in total. The number of sulfonamides is 1. The minimum atomic E-state index is -3.85. The van der Waals surface area contributed by atoms with Gasteiger partial charge in [0.1, 0.15) is 11.5 Å². The molecule has 0 spiro atoms. The number of amides is 1. The lowest BCUT2D eigenvalue weighted by atomic mass is 9.95. The van der Waals surface area contributed by atoms with Crippen LogP contribution in [0.2, 0.25) is 0 Å². The van der Waals surface area contributed by atoms with Gasteiger partial charge in [-0.15, -0.1) is 0 Å². The summed E-state index contributed by atoms with van der Waals surface area (Å²) in [6, 6.07) is 13.4. The maximum absolute atomic E-state index is 13.6. The van der Waals surface area contributed by atoms with Gasteiger partial charge < -0.3 is 14.8 Å². The van der Waals surface area contributed by atoms with E-state index in [1.54, 1.807) is 31.4 Å². The van der Waals surface area contributed by atoms with Gasteiger partial charge >= 0.3 is 0 Å². The molecule has 0 radical (unpaired) electrons. The summed E-state index contributed by atoms with van der Waals surface area (Å²) in [4.78, 5) is 13.2. The third-order valence-corrected chi connectivity index (χ3v) is 7.92. The van der Waals surface area contributed by atoms with Crippen LogP contribution >= 0.6 is 0 Å². The summed E-state index contributed by atoms with van der Waals surface area (Å²) in [5.41, 5.74) is 0.840. The molecule has 0 unspecified atom stereocenters. The summed E-state index contributed by atoms with van der Waals surface area (Å²) in [7, 11) is -2.26. The summed E-state index contributed by atoms with van der Waals surface area (Å²) in [6.07, 6.45) is 4.51. The van der Waals surface area contributed by atoms with Gasteiger partial charge in [-0.3, -0.25) is 4.79 Å². The third-order valence-electron chi connectivity index (χ3n) is 6.01. The van der Waals surface area contributed by atoms with Crippen LogP contribution in [0, 0.1) is 0 Å². The second-order valence-electron chi connectivity index (χ2n) is 8.28. The van der Waals surface area contributed by atoms with Gasteiger partial charge in [-0.1, -0.05) is 37.5 Å². The van der Waals surface area contributed by atoms with Crippen molar-refractivity contribution >= 4 is 15.9 Å². The van der Waals surface area contributed by atoms with Crippen molar-refractivity contribution in [1.82, 2.24) is 9.62 Å². The highest BCUT2D eigenvalue weighted by Crippen LogP contribution is 2.29. The van der Waals surface area contributed by atoms with Crippen LogP contribution in [0.5, 0.6) is 11.5 Å². The van der Waals surface area contributed by atoms with Crippen molar-refractivity contribution < 1.29 is 22.7 Å². The van der Waals surface area contributed by atoms with Crippen molar-refractivity contribution in [1.29, 1.82) is 0 Å². The molecule has 3 rings (SSSR count). The molecule has 0 saturated heterocycles. The van der Waals surface area contributed by atoms with Crippen LogP contribution < -0.4 is 14.8 Å². The van der Waals surface area contributed by atoms with Gasteiger partial charge in [0.25, 0.3) is 0 Å². The predicted octanol–water partition coefficient (Wildman–Crippen LogP) is 4.29. The van der Waals surface area contributed by atoms with Crippen LogP contribution in [-0.4, -0.2) is 44.9 Å². The SMILES string of the molecule is CCOc1ccc(S(=O)(=O)N(CC(=O)N[C@@H](C)c2ccccc2OC)C2CCCCC2)cc1. The second-order valence-corrected chi connectivity index (χ2v) is 10.2. The zero-order chi connectivity index (χ0) is 23.8. The first kappa shape index (κ1) is 25.1. The Hall–Kier alpha value is -2.58. The van der Waals surface area contributed by atoms with E-state index in [9.17, 15) is 13.2 Å². The average molecular weight is 475 g/mol. The molecule has 1 saturated carbocycles. The highest BCUT2D eigenvalue weighted by molar-refractivity contribution is 7.89. The van der Waals surface area contributed by atoms with Gasteiger partial charge in [-0.05, 0) is 57.0 Å². The molecular formula is C25H34N2O5S. The molecule has 1 aliphatic carbocycles. The lowest BCUT2D eigenvalue weighted by Gasteiger charge is -2.33. The molecule has 1 N–H and O–H groups in total. The summed E-state index contributed by atoms with van der Waals surface area (Å²) in [5, 5.41) is 2.94. The van der Waals surface area contributed by atoms with Crippen molar-refractivity contribution in [2.45, 2.75) is 62.9 Å². The minimum Gasteiger partial charge on any atom is -0.496 e. The van der Waals surface area contributed by atoms with E-state index in [-0.39, 0.29) is 29.4 Å². The van der Waals surface area contributed by atoms with E-state index in [1.807, 2.05) is 38.1 Å². The molecule has 8 heteroatoms. The average Bonchev–Trinajstić information content (AvgIpc) is 2.83. The fourth-order valence-electron chi connectivity index (χ4n) is 4.32. The van der Waals surface area contributed by atoms with Crippen molar-refractivity contribution in [3.8, 4) is 11.5 Å². The molecule has 0 heterocycles. The van der Waals surface area contributed by atoms with Crippen LogP contribution in [0.1, 0.15) is 57.6 Å². The van der Waals surface area contributed by atoms with E-state index in [2.05, 4.69) is 5.32 Å². The van der Waals surface area contributed by atoms with Crippen LogP contribution in [0.15, 0.2) is 53.4 Å². The van der Waals surface area contributed by atoms with E-state index in [1.165, 1.54) is 4.31 Å². The molecule has 2 aromatic rings. The van der Waals surface area contributed by atoms with Crippen LogP contribution in [0.25, 0.3) is 0 Å². The van der Waals surface area contributed by atoms with Crippen LogP contribution in [-0.2, 0) is 14.8 Å². The molecule has 1 aliphatic rings. The third kappa shape index (κ3) is 6.26. The Morgan fingerprint density at radius 2 is 1.76 bits per heavy atom. The fourth-order valence-corrected chi connectivity index (χ4v) is 5.96. The van der Waals surface area contributed by atoms with Gasteiger partial charge in [-0.2, -0.15) is 4.31 Å². The molecule has 1 amide bonds. The Balaban J connectivity index is 1.81. The van der Waals surface area contributed by atoms with Crippen molar-refractivity contribution in [3.63, 3.8) is 0 Å². The molecule has 1 fully saturated rings. The van der Waals surface area contributed by atoms with E-state index in [0.717, 1.165) is 37.7 Å².